The van der Waals surface area contributed by atoms with Gasteiger partial charge in [-0.2, -0.15) is 5.10 Å². The van der Waals surface area contributed by atoms with E-state index in [2.05, 4.69) is 23.2 Å². The van der Waals surface area contributed by atoms with Crippen LogP contribution in [-0.2, 0) is 13.6 Å². The fraction of sp³-hybridized carbons (Fsp3) is 0.750. The number of nitrogens with two attached hydrogens (primary N) is 1. The van der Waals surface area contributed by atoms with E-state index < -0.39 is 0 Å². The van der Waals surface area contributed by atoms with Gasteiger partial charge in [0.25, 0.3) is 0 Å². The highest BCUT2D eigenvalue weighted by Gasteiger charge is 2.36. The van der Waals surface area contributed by atoms with Gasteiger partial charge in [-0.05, 0) is 31.8 Å². The van der Waals surface area contributed by atoms with Gasteiger partial charge in [-0.25, -0.2) is 0 Å². The number of aryl methyl sites for hydroxylation is 1. The summed E-state index contributed by atoms with van der Waals surface area (Å²) < 4.78 is 1.85. The highest BCUT2D eigenvalue weighted by Crippen LogP contribution is 2.40. The fourth-order valence-corrected chi connectivity index (χ4v) is 2.60. The summed E-state index contributed by atoms with van der Waals surface area (Å²) in [7, 11) is 4.12. The summed E-state index contributed by atoms with van der Waals surface area (Å²) in [5.41, 5.74) is 7.55. The molecule has 0 aliphatic heterocycles. The Bertz CT molecular complexity index is 335. The Labute approximate surface area is 97.4 Å². The van der Waals surface area contributed by atoms with Crippen molar-refractivity contribution in [2.45, 2.75) is 25.8 Å². The van der Waals surface area contributed by atoms with Gasteiger partial charge in [0.2, 0.25) is 0 Å². The van der Waals surface area contributed by atoms with Crippen LogP contribution in [0.1, 0.15) is 24.8 Å². The first-order valence-corrected chi connectivity index (χ1v) is 6.00. The Morgan fingerprint density at radius 1 is 1.56 bits per heavy atom. The zero-order valence-electron chi connectivity index (χ0n) is 10.3. The Morgan fingerprint density at radius 3 is 2.75 bits per heavy atom. The molecule has 4 heteroatoms. The van der Waals surface area contributed by atoms with Crippen molar-refractivity contribution >= 4 is 0 Å². The zero-order chi connectivity index (χ0) is 11.6. The van der Waals surface area contributed by atoms with E-state index in [-0.39, 0.29) is 0 Å². The van der Waals surface area contributed by atoms with Gasteiger partial charge in [0.15, 0.2) is 0 Å². The fourth-order valence-electron chi connectivity index (χ4n) is 2.60. The zero-order valence-corrected chi connectivity index (χ0v) is 10.3. The maximum absolute atomic E-state index is 5.87. The molecule has 1 aromatic heterocycles. The second kappa shape index (κ2) is 4.55. The van der Waals surface area contributed by atoms with E-state index in [1.807, 2.05) is 17.9 Å². The van der Waals surface area contributed by atoms with E-state index in [0.717, 1.165) is 19.6 Å². The van der Waals surface area contributed by atoms with Crippen molar-refractivity contribution < 1.29 is 0 Å². The van der Waals surface area contributed by atoms with Crippen molar-refractivity contribution in [1.29, 1.82) is 0 Å². The molecule has 2 rings (SSSR count). The summed E-state index contributed by atoms with van der Waals surface area (Å²) in [6.45, 7) is 2.90. The van der Waals surface area contributed by atoms with E-state index in [9.17, 15) is 0 Å². The van der Waals surface area contributed by atoms with Crippen molar-refractivity contribution in [2.75, 3.05) is 20.1 Å². The van der Waals surface area contributed by atoms with Gasteiger partial charge in [0.1, 0.15) is 0 Å². The van der Waals surface area contributed by atoms with Crippen molar-refractivity contribution in [3.05, 3.63) is 18.0 Å². The van der Waals surface area contributed by atoms with Crippen molar-refractivity contribution in [2.24, 2.45) is 18.2 Å². The molecule has 0 saturated heterocycles. The second-order valence-electron chi connectivity index (χ2n) is 5.25. The molecule has 1 saturated carbocycles. The first-order valence-electron chi connectivity index (χ1n) is 6.00. The average Bonchev–Trinajstić information content (AvgIpc) is 2.57. The van der Waals surface area contributed by atoms with Gasteiger partial charge in [0, 0.05) is 31.9 Å². The van der Waals surface area contributed by atoms with Crippen molar-refractivity contribution in [3.8, 4) is 0 Å². The van der Waals surface area contributed by atoms with Gasteiger partial charge in [-0.3, -0.25) is 4.68 Å². The first-order chi connectivity index (χ1) is 7.63. The van der Waals surface area contributed by atoms with E-state index in [4.69, 9.17) is 5.73 Å². The molecule has 0 radical (unpaired) electrons. The molecule has 2 N–H and O–H groups in total. The Balaban J connectivity index is 1.86. The minimum Gasteiger partial charge on any atom is -0.330 e. The van der Waals surface area contributed by atoms with Gasteiger partial charge < -0.3 is 10.6 Å². The molecule has 0 unspecified atom stereocenters. The maximum atomic E-state index is 5.87. The Kier molecular flexibility index (Phi) is 3.30. The monoisotopic (exact) mass is 222 g/mol. The summed E-state index contributed by atoms with van der Waals surface area (Å²) in [5.74, 6) is 0. The van der Waals surface area contributed by atoms with Gasteiger partial charge in [-0.1, -0.05) is 6.42 Å². The van der Waals surface area contributed by atoms with Crippen molar-refractivity contribution in [3.63, 3.8) is 0 Å². The lowest BCUT2D eigenvalue weighted by Crippen LogP contribution is -2.45. The molecule has 4 nitrogen and oxygen atoms in total. The normalized spacial score (nSPS) is 18.8. The van der Waals surface area contributed by atoms with Crippen LogP contribution in [0, 0.1) is 5.41 Å². The topological polar surface area (TPSA) is 47.1 Å². The van der Waals surface area contributed by atoms with Gasteiger partial charge in [-0.15, -0.1) is 0 Å². The van der Waals surface area contributed by atoms with Crippen molar-refractivity contribution in [1.82, 2.24) is 14.7 Å². The number of aromatic nitrogens is 2. The SMILES string of the molecule is CN(Cc1cnn(C)c1)CC1(CN)CCC1. The van der Waals surface area contributed by atoms with Crippen LogP contribution in [-0.4, -0.2) is 34.8 Å². The van der Waals surface area contributed by atoms with Gasteiger partial charge >= 0.3 is 0 Å². The molecule has 16 heavy (non-hydrogen) atoms. The van der Waals surface area contributed by atoms with Gasteiger partial charge in [0.05, 0.1) is 6.20 Å². The minimum absolute atomic E-state index is 0.400. The highest BCUT2D eigenvalue weighted by molar-refractivity contribution is 5.03. The molecule has 1 heterocycles. The van der Waals surface area contributed by atoms with Crippen LogP contribution in [0.15, 0.2) is 12.4 Å². The average molecular weight is 222 g/mol. The lowest BCUT2D eigenvalue weighted by atomic mass is 9.68. The predicted octanol–water partition coefficient (Wildman–Crippen LogP) is 0.981. The van der Waals surface area contributed by atoms with Crippen LogP contribution in [0.5, 0.6) is 0 Å². The smallest absolute Gasteiger partial charge is 0.0534 e. The van der Waals surface area contributed by atoms with Crippen LogP contribution < -0.4 is 5.73 Å². The quantitative estimate of drug-likeness (QED) is 0.808. The third-order valence-corrected chi connectivity index (χ3v) is 3.66. The molecule has 0 spiro atoms. The molecule has 1 aliphatic rings. The number of nitrogens with zero attached hydrogens (tertiary/aromatic N) is 3. The Morgan fingerprint density at radius 2 is 2.31 bits per heavy atom. The molecule has 1 aromatic rings. The largest absolute Gasteiger partial charge is 0.330 e. The summed E-state index contributed by atoms with van der Waals surface area (Å²) >= 11 is 0. The minimum atomic E-state index is 0.400. The predicted molar refractivity (Wildman–Crippen MR) is 64.9 cm³/mol. The maximum Gasteiger partial charge on any atom is 0.0534 e. The van der Waals surface area contributed by atoms with Crippen LogP contribution in [0.4, 0.5) is 0 Å². The van der Waals surface area contributed by atoms with Crippen LogP contribution >= 0.6 is 0 Å². The molecule has 0 atom stereocenters. The molecular formula is C12H22N4. The van der Waals surface area contributed by atoms with Crippen LogP contribution in [0.3, 0.4) is 0 Å². The van der Waals surface area contributed by atoms with E-state index >= 15 is 0 Å². The molecule has 1 aliphatic carbocycles. The first kappa shape index (κ1) is 11.6. The number of hydrogen-bond acceptors (Lipinski definition) is 3. The summed E-state index contributed by atoms with van der Waals surface area (Å²) in [4.78, 5) is 2.36. The third kappa shape index (κ3) is 2.44. The Hall–Kier alpha value is -0.870. The van der Waals surface area contributed by atoms with E-state index in [1.54, 1.807) is 0 Å². The van der Waals surface area contributed by atoms with Crippen LogP contribution in [0.2, 0.25) is 0 Å². The van der Waals surface area contributed by atoms with Crippen LogP contribution in [0.25, 0.3) is 0 Å². The third-order valence-electron chi connectivity index (χ3n) is 3.66. The van der Waals surface area contributed by atoms with E-state index in [1.165, 1.54) is 24.8 Å². The molecule has 0 amide bonds. The lowest BCUT2D eigenvalue weighted by molar-refractivity contribution is 0.0845. The molecule has 1 fully saturated rings. The van der Waals surface area contributed by atoms with E-state index in [0.29, 0.717) is 5.41 Å². The molecular weight excluding hydrogens is 200 g/mol. The molecule has 0 aromatic carbocycles. The number of rotatable bonds is 5. The second-order valence-corrected chi connectivity index (χ2v) is 5.25. The number of hydrogen-bond donors (Lipinski definition) is 1. The lowest BCUT2D eigenvalue weighted by Gasteiger charge is -2.43. The summed E-state index contributed by atoms with van der Waals surface area (Å²) in [6.07, 6.45) is 7.94. The summed E-state index contributed by atoms with van der Waals surface area (Å²) in [5, 5.41) is 4.19. The standard InChI is InChI=1S/C12H22N4/c1-15(7-11-6-14-16(2)8-11)10-12(9-13)4-3-5-12/h6,8H,3-5,7,9-10,13H2,1-2H3. The molecule has 90 valence electrons. The summed E-state index contributed by atoms with van der Waals surface area (Å²) in [6, 6.07) is 0. The molecule has 0 bridgehead atoms. The highest BCUT2D eigenvalue weighted by atomic mass is 15.2.